The molecule has 0 spiro atoms. The summed E-state index contributed by atoms with van der Waals surface area (Å²) < 4.78 is 83.2. The molecule has 186 valence electrons. The molecule has 1 aromatic carbocycles. The molecular weight excluding hydrogens is 480 g/mol. The third kappa shape index (κ3) is 6.40. The maximum atomic E-state index is 13.0. The smallest absolute Gasteiger partial charge is 0.416 e. The second-order valence-corrected chi connectivity index (χ2v) is 7.59. The molecule has 12 heteroatoms. The molecule has 3 aromatic rings. The molecule has 6 nitrogen and oxygen atoms in total. The lowest BCUT2D eigenvalue weighted by atomic mass is 10.1. The minimum absolute atomic E-state index is 0.0146. The predicted octanol–water partition coefficient (Wildman–Crippen LogP) is 5.86. The fourth-order valence-electron chi connectivity index (χ4n) is 3.37. The van der Waals surface area contributed by atoms with E-state index in [9.17, 15) is 35.9 Å². The molecule has 0 amide bonds. The first-order chi connectivity index (χ1) is 16.3. The SMILES string of the molecule is Cc1cc(C(=O)COC(=O)c2cccnc2Nc2cccc(C(F)(F)F)c2)c(C)n1CC(F)(F)F. The van der Waals surface area contributed by atoms with Crippen LogP contribution in [0.25, 0.3) is 0 Å². The number of Topliss-reactive ketones (excluding diaryl/α,β-unsaturated/α-hetero) is 1. The van der Waals surface area contributed by atoms with E-state index in [-0.39, 0.29) is 34.0 Å². The zero-order valence-corrected chi connectivity index (χ0v) is 18.4. The summed E-state index contributed by atoms with van der Waals surface area (Å²) >= 11 is 0. The average molecular weight is 499 g/mol. The summed E-state index contributed by atoms with van der Waals surface area (Å²) in [5, 5.41) is 2.62. The van der Waals surface area contributed by atoms with Crippen molar-refractivity contribution >= 4 is 23.3 Å². The van der Waals surface area contributed by atoms with Crippen molar-refractivity contribution in [3.63, 3.8) is 0 Å². The topological polar surface area (TPSA) is 73.2 Å². The van der Waals surface area contributed by atoms with Gasteiger partial charge in [0.2, 0.25) is 5.78 Å². The number of benzene rings is 1. The normalized spacial score (nSPS) is 11.9. The van der Waals surface area contributed by atoms with Crippen LogP contribution >= 0.6 is 0 Å². The lowest BCUT2D eigenvalue weighted by Crippen LogP contribution is -2.20. The van der Waals surface area contributed by atoms with Gasteiger partial charge in [-0.05, 0) is 50.2 Å². The van der Waals surface area contributed by atoms with E-state index in [0.29, 0.717) is 0 Å². The van der Waals surface area contributed by atoms with Crippen molar-refractivity contribution in [2.45, 2.75) is 32.7 Å². The summed E-state index contributed by atoms with van der Waals surface area (Å²) in [5.41, 5.74) is -0.770. The number of ketones is 1. The van der Waals surface area contributed by atoms with E-state index >= 15 is 0 Å². The average Bonchev–Trinajstić information content (AvgIpc) is 3.04. The Bertz CT molecular complexity index is 1250. The molecule has 2 heterocycles. The quantitative estimate of drug-likeness (QED) is 0.250. The van der Waals surface area contributed by atoms with Crippen LogP contribution in [0.3, 0.4) is 0 Å². The lowest BCUT2D eigenvalue weighted by molar-refractivity contribution is -0.141. The lowest BCUT2D eigenvalue weighted by Gasteiger charge is -2.13. The number of nitrogens with one attached hydrogen (secondary N) is 1. The van der Waals surface area contributed by atoms with Gasteiger partial charge in [0.25, 0.3) is 0 Å². The van der Waals surface area contributed by atoms with E-state index in [2.05, 4.69) is 10.3 Å². The Kier molecular flexibility index (Phi) is 7.22. The maximum Gasteiger partial charge on any atom is 0.416 e. The van der Waals surface area contributed by atoms with E-state index in [1.165, 1.54) is 50.4 Å². The van der Waals surface area contributed by atoms with Crippen LogP contribution in [0.15, 0.2) is 48.7 Å². The van der Waals surface area contributed by atoms with Crippen molar-refractivity contribution in [2.24, 2.45) is 0 Å². The number of carbonyl (C=O) groups excluding carboxylic acids is 2. The van der Waals surface area contributed by atoms with Gasteiger partial charge in [-0.15, -0.1) is 0 Å². The Hall–Kier alpha value is -3.83. The highest BCUT2D eigenvalue weighted by Gasteiger charge is 2.31. The second kappa shape index (κ2) is 9.80. The van der Waals surface area contributed by atoms with Gasteiger partial charge in [-0.3, -0.25) is 4.79 Å². The van der Waals surface area contributed by atoms with Crippen LogP contribution in [-0.4, -0.2) is 34.1 Å². The Labute approximate surface area is 195 Å². The minimum Gasteiger partial charge on any atom is -0.454 e. The number of halogens is 6. The molecule has 0 aliphatic rings. The Balaban J connectivity index is 1.73. The number of hydrogen-bond acceptors (Lipinski definition) is 5. The number of anilines is 2. The van der Waals surface area contributed by atoms with E-state index in [1.807, 2.05) is 0 Å². The Morgan fingerprint density at radius 2 is 1.71 bits per heavy atom. The van der Waals surface area contributed by atoms with Crippen LogP contribution < -0.4 is 5.32 Å². The molecule has 0 bridgehead atoms. The fourth-order valence-corrected chi connectivity index (χ4v) is 3.37. The molecule has 2 aromatic heterocycles. The zero-order chi connectivity index (χ0) is 26.0. The summed E-state index contributed by atoms with van der Waals surface area (Å²) in [5.74, 6) is -1.81. The molecular formula is C23H19F6N3O3. The summed E-state index contributed by atoms with van der Waals surface area (Å²) in [6.45, 7) is 0.750. The molecule has 1 N–H and O–H groups in total. The first kappa shape index (κ1) is 25.8. The van der Waals surface area contributed by atoms with Gasteiger partial charge in [0.1, 0.15) is 17.9 Å². The highest BCUT2D eigenvalue weighted by Crippen LogP contribution is 2.31. The highest BCUT2D eigenvalue weighted by molar-refractivity contribution is 6.01. The molecule has 0 radical (unpaired) electrons. The monoisotopic (exact) mass is 499 g/mol. The van der Waals surface area contributed by atoms with E-state index < -0.39 is 42.8 Å². The molecule has 0 aliphatic carbocycles. The first-order valence-electron chi connectivity index (χ1n) is 10.1. The molecule has 3 rings (SSSR count). The minimum atomic E-state index is -4.57. The van der Waals surface area contributed by atoms with E-state index in [1.54, 1.807) is 0 Å². The standard InChI is InChI=1S/C23H19F6N3O3/c1-13-9-18(14(2)32(13)12-22(24,25)26)19(33)11-35-21(34)17-7-4-8-30-20(17)31-16-6-3-5-15(10-16)23(27,28)29/h3-10H,11-12H2,1-2H3,(H,30,31). The number of rotatable bonds is 7. The van der Waals surface area contributed by atoms with Gasteiger partial charge in [-0.2, -0.15) is 26.3 Å². The summed E-state index contributed by atoms with van der Waals surface area (Å²) in [6, 6.07) is 8.22. The summed E-state index contributed by atoms with van der Waals surface area (Å²) in [4.78, 5) is 29.1. The Morgan fingerprint density at radius 1 is 1.00 bits per heavy atom. The molecule has 0 aliphatic heterocycles. The van der Waals surface area contributed by atoms with Crippen LogP contribution in [-0.2, 0) is 17.5 Å². The molecule has 0 saturated heterocycles. The van der Waals surface area contributed by atoms with Crippen LogP contribution in [0, 0.1) is 13.8 Å². The summed E-state index contributed by atoms with van der Waals surface area (Å²) in [7, 11) is 0. The number of esters is 1. The van der Waals surface area contributed by atoms with Crippen molar-refractivity contribution in [2.75, 3.05) is 11.9 Å². The summed E-state index contributed by atoms with van der Waals surface area (Å²) in [6.07, 6.45) is -7.75. The van der Waals surface area contributed by atoms with Crippen molar-refractivity contribution in [1.29, 1.82) is 0 Å². The van der Waals surface area contributed by atoms with Crippen molar-refractivity contribution in [3.05, 3.63) is 76.7 Å². The van der Waals surface area contributed by atoms with Crippen molar-refractivity contribution in [3.8, 4) is 0 Å². The maximum absolute atomic E-state index is 13.0. The van der Waals surface area contributed by atoms with Crippen LogP contribution in [0.2, 0.25) is 0 Å². The van der Waals surface area contributed by atoms with Crippen molar-refractivity contribution < 1.29 is 40.7 Å². The number of pyridine rings is 1. The van der Waals surface area contributed by atoms with Crippen LogP contribution in [0.4, 0.5) is 37.8 Å². The predicted molar refractivity (Wildman–Crippen MR) is 114 cm³/mol. The number of aromatic nitrogens is 2. The fraction of sp³-hybridized carbons (Fsp3) is 0.261. The number of nitrogens with zero attached hydrogens (tertiary/aromatic N) is 2. The van der Waals surface area contributed by atoms with Gasteiger partial charge in [-0.1, -0.05) is 6.07 Å². The zero-order valence-electron chi connectivity index (χ0n) is 18.4. The van der Waals surface area contributed by atoms with Gasteiger partial charge in [0.05, 0.1) is 5.56 Å². The van der Waals surface area contributed by atoms with Gasteiger partial charge in [0, 0.05) is 28.8 Å². The molecule has 0 atom stereocenters. The van der Waals surface area contributed by atoms with Gasteiger partial charge in [0.15, 0.2) is 6.61 Å². The van der Waals surface area contributed by atoms with E-state index in [0.717, 1.165) is 16.7 Å². The molecule has 35 heavy (non-hydrogen) atoms. The molecule has 0 unspecified atom stereocenters. The Morgan fingerprint density at radius 3 is 2.37 bits per heavy atom. The number of ether oxygens (including phenoxy) is 1. The number of alkyl halides is 6. The van der Waals surface area contributed by atoms with Gasteiger partial charge >= 0.3 is 18.3 Å². The van der Waals surface area contributed by atoms with Crippen molar-refractivity contribution in [1.82, 2.24) is 9.55 Å². The van der Waals surface area contributed by atoms with Crippen LogP contribution in [0.5, 0.6) is 0 Å². The number of aryl methyl sites for hydroxylation is 1. The third-order valence-corrected chi connectivity index (χ3v) is 5.03. The second-order valence-electron chi connectivity index (χ2n) is 7.59. The molecule has 0 saturated carbocycles. The number of hydrogen-bond donors (Lipinski definition) is 1. The molecule has 0 fully saturated rings. The van der Waals surface area contributed by atoms with Gasteiger partial charge in [-0.25, -0.2) is 9.78 Å². The van der Waals surface area contributed by atoms with E-state index in [4.69, 9.17) is 4.74 Å². The van der Waals surface area contributed by atoms with Crippen LogP contribution in [0.1, 0.15) is 37.7 Å². The highest BCUT2D eigenvalue weighted by atomic mass is 19.4. The third-order valence-electron chi connectivity index (χ3n) is 5.03. The van der Waals surface area contributed by atoms with Gasteiger partial charge < -0.3 is 14.6 Å². The first-order valence-corrected chi connectivity index (χ1v) is 10.1. The number of carbonyl (C=O) groups is 2. The largest absolute Gasteiger partial charge is 0.454 e.